The first-order chi connectivity index (χ1) is 13.4. The zero-order chi connectivity index (χ0) is 19.9. The van der Waals surface area contributed by atoms with Crippen LogP contribution in [0, 0.1) is 11.3 Å². The monoisotopic (exact) mass is 386 g/mol. The number of rotatable bonds is 5. The third kappa shape index (κ3) is 3.62. The van der Waals surface area contributed by atoms with Gasteiger partial charge in [0.25, 0.3) is 5.91 Å². The first-order valence-electron chi connectivity index (χ1n) is 8.68. The molecule has 28 heavy (non-hydrogen) atoms. The van der Waals surface area contributed by atoms with Crippen LogP contribution >= 0.6 is 0 Å². The molecule has 0 saturated carbocycles. The normalized spacial score (nSPS) is 17.3. The predicted molar refractivity (Wildman–Crippen MR) is 95.4 cm³/mol. The molecule has 1 amide bonds. The van der Waals surface area contributed by atoms with Crippen LogP contribution in [0.1, 0.15) is 18.1 Å². The van der Waals surface area contributed by atoms with Crippen molar-refractivity contribution >= 4 is 11.6 Å². The van der Waals surface area contributed by atoms with Crippen molar-refractivity contribution in [3.05, 3.63) is 41.5 Å². The van der Waals surface area contributed by atoms with Crippen LogP contribution in [0.2, 0.25) is 0 Å². The highest BCUT2D eigenvalue weighted by Gasteiger charge is 2.33. The molecule has 4 rings (SSSR count). The summed E-state index contributed by atoms with van der Waals surface area (Å²) in [6, 6.07) is 9.91. The van der Waals surface area contributed by atoms with E-state index in [0.29, 0.717) is 60.2 Å². The second kappa shape index (κ2) is 6.77. The molecule has 1 saturated heterocycles. The fraction of sp³-hybridized carbons (Fsp3) is 0.300. The number of anilines is 1. The number of hydrogen-bond acceptors (Lipinski definition) is 5. The molecule has 2 aromatic carbocycles. The smallest absolute Gasteiger partial charge is 0.394 e. The number of benzene rings is 2. The van der Waals surface area contributed by atoms with Crippen LogP contribution in [0.25, 0.3) is 11.1 Å². The Hall–Kier alpha value is -3.18. The minimum absolute atomic E-state index is 0.0295. The number of hydrogen-bond donors (Lipinski definition) is 1. The Morgan fingerprint density at radius 1 is 1.36 bits per heavy atom. The molecule has 0 radical (unpaired) electrons. The molecule has 1 atom stereocenters. The Kier molecular flexibility index (Phi) is 4.40. The van der Waals surface area contributed by atoms with Crippen LogP contribution in [-0.4, -0.2) is 31.3 Å². The van der Waals surface area contributed by atoms with Crippen LogP contribution in [0.5, 0.6) is 11.5 Å². The molecule has 0 aromatic heterocycles. The molecule has 0 unspecified atom stereocenters. The average Bonchev–Trinajstić information content (AvgIpc) is 3.38. The van der Waals surface area contributed by atoms with Gasteiger partial charge in [0, 0.05) is 24.5 Å². The zero-order valence-electron chi connectivity index (χ0n) is 14.9. The van der Waals surface area contributed by atoms with E-state index in [4.69, 9.17) is 9.47 Å². The molecular formula is C20H16F2N2O4. The quantitative estimate of drug-likeness (QED) is 0.796. The van der Waals surface area contributed by atoms with Gasteiger partial charge in [-0.2, -0.15) is 14.0 Å². The van der Waals surface area contributed by atoms with Crippen molar-refractivity contribution in [1.82, 2.24) is 0 Å². The summed E-state index contributed by atoms with van der Waals surface area (Å²) in [4.78, 5) is 12.1. The standard InChI is InChI=1S/C20H16F2N2O4/c1-20(21,22)28-12-4-2-11(3-5-12)14-8-16(24-19(25)17-10-27-17)15(9-23)13-6-7-26-18(13)14/h2-5,8,17H,6-7,10H2,1H3,(H,24,25)/t17-/m1/s1. The van der Waals surface area contributed by atoms with E-state index in [1.54, 1.807) is 18.2 Å². The summed E-state index contributed by atoms with van der Waals surface area (Å²) >= 11 is 0. The lowest BCUT2D eigenvalue weighted by atomic mass is 9.95. The Balaban J connectivity index is 1.73. The van der Waals surface area contributed by atoms with E-state index >= 15 is 0 Å². The predicted octanol–water partition coefficient (Wildman–Crippen LogP) is 3.49. The molecule has 1 fully saturated rings. The van der Waals surface area contributed by atoms with Crippen LogP contribution < -0.4 is 14.8 Å². The summed E-state index contributed by atoms with van der Waals surface area (Å²) in [6.07, 6.45) is -3.23. The largest absolute Gasteiger partial charge is 0.492 e. The van der Waals surface area contributed by atoms with E-state index in [-0.39, 0.29) is 11.7 Å². The van der Waals surface area contributed by atoms with Crippen molar-refractivity contribution in [2.75, 3.05) is 18.5 Å². The van der Waals surface area contributed by atoms with E-state index in [0.717, 1.165) is 0 Å². The van der Waals surface area contributed by atoms with Crippen LogP contribution in [0.3, 0.4) is 0 Å². The van der Waals surface area contributed by atoms with E-state index in [1.807, 2.05) is 0 Å². The highest BCUT2D eigenvalue weighted by molar-refractivity contribution is 5.98. The fourth-order valence-corrected chi connectivity index (χ4v) is 3.14. The third-order valence-electron chi connectivity index (χ3n) is 4.43. The van der Waals surface area contributed by atoms with E-state index in [2.05, 4.69) is 16.1 Å². The second-order valence-electron chi connectivity index (χ2n) is 6.61. The Morgan fingerprint density at radius 2 is 2.07 bits per heavy atom. The molecule has 0 spiro atoms. The fourth-order valence-electron chi connectivity index (χ4n) is 3.14. The van der Waals surface area contributed by atoms with E-state index in [9.17, 15) is 18.8 Å². The second-order valence-corrected chi connectivity index (χ2v) is 6.61. The van der Waals surface area contributed by atoms with E-state index < -0.39 is 12.2 Å². The molecule has 2 aliphatic heterocycles. The first-order valence-corrected chi connectivity index (χ1v) is 8.68. The van der Waals surface area contributed by atoms with Gasteiger partial charge < -0.3 is 19.5 Å². The molecule has 2 aromatic rings. The number of nitrogens with one attached hydrogen (secondary N) is 1. The number of carbonyl (C=O) groups is 1. The summed E-state index contributed by atoms with van der Waals surface area (Å²) < 4.78 is 41.3. The zero-order valence-corrected chi connectivity index (χ0v) is 14.9. The lowest BCUT2D eigenvalue weighted by Gasteiger charge is -2.16. The number of ether oxygens (including phenoxy) is 3. The summed E-state index contributed by atoms with van der Waals surface area (Å²) in [5.74, 6) is 0.281. The SMILES string of the molecule is CC(F)(F)Oc1ccc(-c2cc(NC(=O)[C@H]3CO3)c(C#N)c3c2OCC3)cc1. The molecule has 1 N–H and O–H groups in total. The van der Waals surface area contributed by atoms with Gasteiger partial charge in [-0.05, 0) is 23.8 Å². The minimum atomic E-state index is -3.28. The van der Waals surface area contributed by atoms with Crippen molar-refractivity contribution in [1.29, 1.82) is 5.26 Å². The van der Waals surface area contributed by atoms with Gasteiger partial charge in [-0.3, -0.25) is 4.79 Å². The highest BCUT2D eigenvalue weighted by atomic mass is 19.3. The molecule has 144 valence electrons. The number of fused-ring (bicyclic) bond motifs is 1. The molecule has 6 nitrogen and oxygen atoms in total. The molecule has 2 heterocycles. The topological polar surface area (TPSA) is 83.9 Å². The van der Waals surface area contributed by atoms with Crippen molar-refractivity contribution in [3.63, 3.8) is 0 Å². The summed E-state index contributed by atoms with van der Waals surface area (Å²) in [7, 11) is 0. The summed E-state index contributed by atoms with van der Waals surface area (Å²) in [6.45, 7) is 1.45. The van der Waals surface area contributed by atoms with Gasteiger partial charge in [-0.25, -0.2) is 0 Å². The lowest BCUT2D eigenvalue weighted by molar-refractivity contribution is -0.158. The van der Waals surface area contributed by atoms with Crippen molar-refractivity contribution < 1.29 is 27.8 Å². The number of amides is 1. The van der Waals surface area contributed by atoms with Gasteiger partial charge in [-0.1, -0.05) is 12.1 Å². The maximum Gasteiger partial charge on any atom is 0.394 e. The van der Waals surface area contributed by atoms with Crippen LogP contribution in [0.15, 0.2) is 30.3 Å². The number of carbonyl (C=O) groups excluding carboxylic acids is 1. The maximum atomic E-state index is 13.0. The summed E-state index contributed by atoms with van der Waals surface area (Å²) in [5.41, 5.74) is 2.80. The Labute approximate surface area is 159 Å². The van der Waals surface area contributed by atoms with Gasteiger partial charge >= 0.3 is 6.11 Å². The van der Waals surface area contributed by atoms with E-state index in [1.165, 1.54) is 12.1 Å². The number of halogens is 2. The van der Waals surface area contributed by atoms with Crippen LogP contribution in [-0.2, 0) is 16.0 Å². The van der Waals surface area contributed by atoms with Crippen molar-refractivity contribution in [2.24, 2.45) is 0 Å². The average molecular weight is 386 g/mol. The Morgan fingerprint density at radius 3 is 2.68 bits per heavy atom. The summed E-state index contributed by atoms with van der Waals surface area (Å²) in [5, 5.41) is 12.3. The molecule has 8 heteroatoms. The number of nitriles is 1. The maximum absolute atomic E-state index is 13.0. The van der Waals surface area contributed by atoms with Crippen molar-refractivity contribution in [3.8, 4) is 28.7 Å². The first kappa shape index (κ1) is 18.2. The van der Waals surface area contributed by atoms with Gasteiger partial charge in [0.05, 0.1) is 24.5 Å². The van der Waals surface area contributed by atoms with Gasteiger partial charge in [0.15, 0.2) is 6.10 Å². The number of epoxide rings is 1. The minimum Gasteiger partial charge on any atom is -0.492 e. The Bertz CT molecular complexity index is 974. The molecular weight excluding hydrogens is 370 g/mol. The number of nitrogens with zero attached hydrogens (tertiary/aromatic N) is 1. The lowest BCUT2D eigenvalue weighted by Crippen LogP contribution is -2.19. The third-order valence-corrected chi connectivity index (χ3v) is 4.43. The highest BCUT2D eigenvalue weighted by Crippen LogP contribution is 2.43. The van der Waals surface area contributed by atoms with Gasteiger partial charge in [-0.15, -0.1) is 0 Å². The molecule has 2 aliphatic rings. The molecule has 0 bridgehead atoms. The van der Waals surface area contributed by atoms with Crippen molar-refractivity contribution in [2.45, 2.75) is 25.6 Å². The molecule has 0 aliphatic carbocycles. The number of alkyl halides is 2. The van der Waals surface area contributed by atoms with Gasteiger partial charge in [0.1, 0.15) is 17.6 Å². The van der Waals surface area contributed by atoms with Crippen LogP contribution in [0.4, 0.5) is 14.5 Å². The van der Waals surface area contributed by atoms with Gasteiger partial charge in [0.2, 0.25) is 0 Å².